The molecule has 16 heavy (non-hydrogen) atoms. The van der Waals surface area contributed by atoms with E-state index in [1.807, 2.05) is 0 Å². The van der Waals surface area contributed by atoms with Gasteiger partial charge < -0.3 is 14.8 Å². The van der Waals surface area contributed by atoms with Gasteiger partial charge in [0.25, 0.3) is 5.91 Å². The summed E-state index contributed by atoms with van der Waals surface area (Å²) in [6.45, 7) is 1.19. The van der Waals surface area contributed by atoms with E-state index in [1.165, 1.54) is 24.3 Å². The second kappa shape index (κ2) is 5.05. The molecule has 1 fully saturated rings. The SMILES string of the molecule is O=C(Nc1ccc(F)cc1)[C@H]1COCCO1. The van der Waals surface area contributed by atoms with Gasteiger partial charge in [-0.05, 0) is 24.3 Å². The Balaban J connectivity index is 1.93. The molecule has 1 amide bonds. The van der Waals surface area contributed by atoms with Gasteiger partial charge in [-0.3, -0.25) is 4.79 Å². The molecule has 1 aliphatic heterocycles. The van der Waals surface area contributed by atoms with E-state index in [0.29, 0.717) is 18.9 Å². The smallest absolute Gasteiger partial charge is 0.255 e. The molecule has 0 aliphatic carbocycles. The van der Waals surface area contributed by atoms with E-state index < -0.39 is 6.10 Å². The quantitative estimate of drug-likeness (QED) is 0.822. The third-order valence-electron chi connectivity index (χ3n) is 2.22. The highest BCUT2D eigenvalue weighted by molar-refractivity contribution is 5.94. The largest absolute Gasteiger partial charge is 0.376 e. The molecular formula is C11H12FNO3. The highest BCUT2D eigenvalue weighted by atomic mass is 19.1. The maximum atomic E-state index is 12.6. The van der Waals surface area contributed by atoms with Crippen molar-refractivity contribution >= 4 is 11.6 Å². The molecule has 0 bridgehead atoms. The highest BCUT2D eigenvalue weighted by Gasteiger charge is 2.22. The summed E-state index contributed by atoms with van der Waals surface area (Å²) in [5, 5.41) is 2.63. The third-order valence-corrected chi connectivity index (χ3v) is 2.22. The molecule has 86 valence electrons. The maximum absolute atomic E-state index is 12.6. The Kier molecular flexibility index (Phi) is 3.48. The van der Waals surface area contributed by atoms with Crippen molar-refractivity contribution in [2.45, 2.75) is 6.10 Å². The van der Waals surface area contributed by atoms with Crippen LogP contribution in [0.25, 0.3) is 0 Å². The number of amides is 1. The van der Waals surface area contributed by atoms with Crippen LogP contribution in [0.3, 0.4) is 0 Å². The molecule has 1 heterocycles. The lowest BCUT2D eigenvalue weighted by atomic mass is 10.2. The molecule has 1 aromatic rings. The molecule has 1 aliphatic rings. The van der Waals surface area contributed by atoms with Gasteiger partial charge in [0.1, 0.15) is 5.82 Å². The summed E-state index contributed by atoms with van der Waals surface area (Å²) < 4.78 is 23.0. The van der Waals surface area contributed by atoms with Gasteiger partial charge in [0.2, 0.25) is 0 Å². The number of hydrogen-bond acceptors (Lipinski definition) is 3. The van der Waals surface area contributed by atoms with Crippen LogP contribution in [-0.2, 0) is 14.3 Å². The van der Waals surface area contributed by atoms with E-state index in [1.54, 1.807) is 0 Å². The number of nitrogens with one attached hydrogen (secondary N) is 1. The van der Waals surface area contributed by atoms with Gasteiger partial charge >= 0.3 is 0 Å². The average Bonchev–Trinajstić information content (AvgIpc) is 2.33. The van der Waals surface area contributed by atoms with Crippen molar-refractivity contribution in [3.63, 3.8) is 0 Å². The van der Waals surface area contributed by atoms with Crippen LogP contribution >= 0.6 is 0 Å². The Hall–Kier alpha value is -1.46. The number of anilines is 1. The van der Waals surface area contributed by atoms with Crippen molar-refractivity contribution < 1.29 is 18.7 Å². The van der Waals surface area contributed by atoms with Crippen LogP contribution in [0.5, 0.6) is 0 Å². The van der Waals surface area contributed by atoms with Crippen LogP contribution in [0.1, 0.15) is 0 Å². The Morgan fingerprint density at radius 3 is 2.69 bits per heavy atom. The predicted octanol–water partition coefficient (Wildman–Crippen LogP) is 1.18. The molecule has 5 heteroatoms. The number of rotatable bonds is 2. The number of carbonyl (C=O) groups excluding carboxylic acids is 1. The zero-order valence-electron chi connectivity index (χ0n) is 8.61. The fraction of sp³-hybridized carbons (Fsp3) is 0.364. The fourth-order valence-electron chi connectivity index (χ4n) is 1.40. The lowest BCUT2D eigenvalue weighted by Crippen LogP contribution is -2.39. The third kappa shape index (κ3) is 2.77. The molecule has 1 atom stereocenters. The maximum Gasteiger partial charge on any atom is 0.255 e. The minimum absolute atomic E-state index is 0.257. The van der Waals surface area contributed by atoms with Crippen molar-refractivity contribution in [2.24, 2.45) is 0 Å². The van der Waals surface area contributed by atoms with E-state index >= 15 is 0 Å². The van der Waals surface area contributed by atoms with E-state index in [0.717, 1.165) is 0 Å². The standard InChI is InChI=1S/C11H12FNO3/c12-8-1-3-9(4-2-8)13-11(14)10-7-15-5-6-16-10/h1-4,10H,5-7H2,(H,13,14)/t10-/m1/s1. The van der Waals surface area contributed by atoms with Crippen molar-refractivity contribution in [3.05, 3.63) is 30.1 Å². The molecule has 4 nitrogen and oxygen atoms in total. The Bertz CT molecular complexity index is 360. The Morgan fingerprint density at radius 2 is 2.06 bits per heavy atom. The highest BCUT2D eigenvalue weighted by Crippen LogP contribution is 2.10. The summed E-state index contributed by atoms with van der Waals surface area (Å²) in [5.74, 6) is -0.610. The van der Waals surface area contributed by atoms with E-state index in [2.05, 4.69) is 5.32 Å². The lowest BCUT2D eigenvalue weighted by molar-refractivity contribution is -0.142. The fourth-order valence-corrected chi connectivity index (χ4v) is 1.40. The zero-order chi connectivity index (χ0) is 11.4. The molecule has 0 unspecified atom stereocenters. The monoisotopic (exact) mass is 225 g/mol. The molecule has 1 aromatic carbocycles. The first kappa shape index (κ1) is 11.0. The predicted molar refractivity (Wildman–Crippen MR) is 55.6 cm³/mol. The van der Waals surface area contributed by atoms with Gasteiger partial charge in [0, 0.05) is 5.69 Å². The van der Waals surface area contributed by atoms with Crippen molar-refractivity contribution in [1.29, 1.82) is 0 Å². The summed E-state index contributed by atoms with van der Waals surface area (Å²) in [5.41, 5.74) is 0.542. The van der Waals surface area contributed by atoms with E-state index in [4.69, 9.17) is 9.47 Å². The van der Waals surface area contributed by atoms with E-state index in [9.17, 15) is 9.18 Å². The summed E-state index contributed by atoms with van der Waals surface area (Å²) in [6.07, 6.45) is -0.584. The molecule has 1 saturated heterocycles. The van der Waals surface area contributed by atoms with Crippen LogP contribution < -0.4 is 5.32 Å². The molecule has 0 saturated carbocycles. The number of carbonyl (C=O) groups is 1. The zero-order valence-corrected chi connectivity index (χ0v) is 8.61. The second-order valence-corrected chi connectivity index (χ2v) is 3.43. The summed E-state index contributed by atoms with van der Waals surface area (Å²) in [6, 6.07) is 5.56. The number of ether oxygens (including phenoxy) is 2. The van der Waals surface area contributed by atoms with Crippen molar-refractivity contribution in [1.82, 2.24) is 0 Å². The first-order valence-electron chi connectivity index (χ1n) is 5.01. The molecule has 0 radical (unpaired) electrons. The van der Waals surface area contributed by atoms with Gasteiger partial charge in [0.05, 0.1) is 19.8 Å². The van der Waals surface area contributed by atoms with Crippen LogP contribution in [0, 0.1) is 5.82 Å². The Morgan fingerprint density at radius 1 is 1.31 bits per heavy atom. The minimum atomic E-state index is -0.584. The topological polar surface area (TPSA) is 47.6 Å². The number of benzene rings is 1. The molecule has 0 aromatic heterocycles. The van der Waals surface area contributed by atoms with Gasteiger partial charge in [-0.1, -0.05) is 0 Å². The van der Waals surface area contributed by atoms with Crippen LogP contribution in [0.4, 0.5) is 10.1 Å². The molecule has 0 spiro atoms. The minimum Gasteiger partial charge on any atom is -0.376 e. The summed E-state index contributed by atoms with van der Waals surface area (Å²) in [4.78, 5) is 11.6. The van der Waals surface area contributed by atoms with Gasteiger partial charge in [0.15, 0.2) is 6.10 Å². The summed E-state index contributed by atoms with van der Waals surface area (Å²) in [7, 11) is 0. The van der Waals surface area contributed by atoms with Gasteiger partial charge in [-0.15, -0.1) is 0 Å². The first-order valence-corrected chi connectivity index (χ1v) is 5.01. The second-order valence-electron chi connectivity index (χ2n) is 3.43. The first-order chi connectivity index (χ1) is 7.75. The van der Waals surface area contributed by atoms with E-state index in [-0.39, 0.29) is 18.3 Å². The molecular weight excluding hydrogens is 213 g/mol. The average molecular weight is 225 g/mol. The van der Waals surface area contributed by atoms with Gasteiger partial charge in [-0.2, -0.15) is 0 Å². The Labute approximate surface area is 92.4 Å². The number of hydrogen-bond donors (Lipinski definition) is 1. The number of halogens is 1. The molecule has 1 N–H and O–H groups in total. The van der Waals surface area contributed by atoms with Crippen LogP contribution in [0.2, 0.25) is 0 Å². The lowest BCUT2D eigenvalue weighted by Gasteiger charge is -2.21. The normalized spacial score (nSPS) is 20.4. The molecule has 2 rings (SSSR count). The van der Waals surface area contributed by atoms with Crippen molar-refractivity contribution in [2.75, 3.05) is 25.1 Å². The van der Waals surface area contributed by atoms with Crippen LogP contribution in [-0.4, -0.2) is 31.8 Å². The van der Waals surface area contributed by atoms with Crippen molar-refractivity contribution in [3.8, 4) is 0 Å². The van der Waals surface area contributed by atoms with Gasteiger partial charge in [-0.25, -0.2) is 4.39 Å². The van der Waals surface area contributed by atoms with Crippen LogP contribution in [0.15, 0.2) is 24.3 Å². The summed E-state index contributed by atoms with van der Waals surface area (Å²) >= 11 is 0.